The summed E-state index contributed by atoms with van der Waals surface area (Å²) in [5.41, 5.74) is 0.615. The Balaban J connectivity index is 1.48. The van der Waals surface area contributed by atoms with Crippen LogP contribution in [-0.2, 0) is 0 Å². The summed E-state index contributed by atoms with van der Waals surface area (Å²) in [6.07, 6.45) is 6.37. The van der Waals surface area contributed by atoms with E-state index >= 15 is 0 Å². The minimum absolute atomic E-state index is 0.104. The van der Waals surface area contributed by atoms with Gasteiger partial charge in [0.15, 0.2) is 0 Å². The van der Waals surface area contributed by atoms with E-state index in [2.05, 4.69) is 16.0 Å². The Morgan fingerprint density at radius 2 is 1.86 bits per heavy atom. The lowest BCUT2D eigenvalue weighted by molar-refractivity contribution is 0.0787. The van der Waals surface area contributed by atoms with Gasteiger partial charge in [-0.1, -0.05) is 6.07 Å². The summed E-state index contributed by atoms with van der Waals surface area (Å²) in [5, 5.41) is 0. The lowest BCUT2D eigenvalue weighted by Crippen LogP contribution is -2.29. The van der Waals surface area contributed by atoms with Crippen LogP contribution in [0.25, 0.3) is 0 Å². The molecule has 1 unspecified atom stereocenters. The zero-order valence-electron chi connectivity index (χ0n) is 12.5. The number of hydrogen-bond acceptors (Lipinski definition) is 3. The molecule has 3 fully saturated rings. The molecule has 21 heavy (non-hydrogen) atoms. The molecule has 4 rings (SSSR count). The van der Waals surface area contributed by atoms with Crippen molar-refractivity contribution in [3.63, 3.8) is 0 Å². The Kier molecular flexibility index (Phi) is 3.32. The van der Waals surface area contributed by atoms with Crippen molar-refractivity contribution in [3.8, 4) is 0 Å². The maximum absolute atomic E-state index is 12.4. The number of likely N-dealkylation sites (tertiary alicyclic amines) is 1. The maximum atomic E-state index is 12.4. The number of carbonyl (C=O) groups excluding carboxylic acids is 1. The standard InChI is InChI=1S/C17H23N3O/c21-17(19-9-1-2-10-19)15-4-3-5-16(18-15)20-11-8-14(12-20)13-6-7-13/h3-5,13-14H,1-2,6-12H2. The topological polar surface area (TPSA) is 36.4 Å². The summed E-state index contributed by atoms with van der Waals surface area (Å²) >= 11 is 0. The van der Waals surface area contributed by atoms with Crippen LogP contribution in [0.5, 0.6) is 0 Å². The number of nitrogens with zero attached hydrogens (tertiary/aromatic N) is 3. The van der Waals surface area contributed by atoms with Crippen LogP contribution >= 0.6 is 0 Å². The van der Waals surface area contributed by atoms with Crippen LogP contribution in [0, 0.1) is 11.8 Å². The second-order valence-corrected chi connectivity index (χ2v) is 6.71. The molecule has 2 aliphatic heterocycles. The zero-order chi connectivity index (χ0) is 14.2. The van der Waals surface area contributed by atoms with Crippen LogP contribution in [0.3, 0.4) is 0 Å². The first-order valence-corrected chi connectivity index (χ1v) is 8.32. The van der Waals surface area contributed by atoms with Crippen molar-refractivity contribution < 1.29 is 4.79 Å². The van der Waals surface area contributed by atoms with Gasteiger partial charge in [-0.3, -0.25) is 4.79 Å². The van der Waals surface area contributed by atoms with Crippen LogP contribution in [-0.4, -0.2) is 42.0 Å². The second-order valence-electron chi connectivity index (χ2n) is 6.71. The van der Waals surface area contributed by atoms with Gasteiger partial charge in [-0.05, 0) is 56.1 Å². The third kappa shape index (κ3) is 2.63. The van der Waals surface area contributed by atoms with E-state index in [4.69, 9.17) is 0 Å². The fraction of sp³-hybridized carbons (Fsp3) is 0.647. The Hall–Kier alpha value is -1.58. The van der Waals surface area contributed by atoms with Gasteiger partial charge in [0.25, 0.3) is 5.91 Å². The van der Waals surface area contributed by atoms with E-state index in [0.717, 1.165) is 56.7 Å². The van der Waals surface area contributed by atoms with Gasteiger partial charge in [-0.25, -0.2) is 4.98 Å². The largest absolute Gasteiger partial charge is 0.356 e. The van der Waals surface area contributed by atoms with Crippen LogP contribution in [0.1, 0.15) is 42.6 Å². The molecule has 3 aliphatic rings. The van der Waals surface area contributed by atoms with Crippen molar-refractivity contribution in [1.82, 2.24) is 9.88 Å². The van der Waals surface area contributed by atoms with Crippen molar-refractivity contribution in [2.45, 2.75) is 32.1 Å². The van der Waals surface area contributed by atoms with Gasteiger partial charge in [0.2, 0.25) is 0 Å². The Morgan fingerprint density at radius 3 is 2.62 bits per heavy atom. The molecule has 4 heteroatoms. The number of amides is 1. The molecule has 1 aliphatic carbocycles. The van der Waals surface area contributed by atoms with Gasteiger partial charge in [-0.15, -0.1) is 0 Å². The fourth-order valence-corrected chi connectivity index (χ4v) is 3.75. The molecular formula is C17H23N3O. The van der Waals surface area contributed by atoms with Crippen LogP contribution < -0.4 is 4.90 Å². The lowest BCUT2D eigenvalue weighted by Gasteiger charge is -2.19. The minimum atomic E-state index is 0.104. The molecule has 0 spiro atoms. The molecule has 1 aromatic rings. The number of carbonyl (C=O) groups is 1. The zero-order valence-corrected chi connectivity index (χ0v) is 12.5. The summed E-state index contributed by atoms with van der Waals surface area (Å²) in [5.74, 6) is 2.91. The summed E-state index contributed by atoms with van der Waals surface area (Å²) < 4.78 is 0. The highest BCUT2D eigenvalue weighted by Crippen LogP contribution is 2.41. The van der Waals surface area contributed by atoms with E-state index in [1.807, 2.05) is 17.0 Å². The van der Waals surface area contributed by atoms with Gasteiger partial charge >= 0.3 is 0 Å². The van der Waals surface area contributed by atoms with Crippen LogP contribution in [0.2, 0.25) is 0 Å². The molecule has 0 aromatic carbocycles. The molecule has 1 amide bonds. The third-order valence-electron chi connectivity index (χ3n) is 5.18. The summed E-state index contributed by atoms with van der Waals surface area (Å²) in [6, 6.07) is 5.89. The quantitative estimate of drug-likeness (QED) is 0.856. The van der Waals surface area contributed by atoms with Crippen molar-refractivity contribution >= 4 is 11.7 Å². The molecule has 1 saturated carbocycles. The van der Waals surface area contributed by atoms with E-state index in [1.165, 1.54) is 19.3 Å². The maximum Gasteiger partial charge on any atom is 0.272 e. The van der Waals surface area contributed by atoms with Crippen molar-refractivity contribution in [2.75, 3.05) is 31.1 Å². The lowest BCUT2D eigenvalue weighted by atomic mass is 10.0. The molecule has 1 atom stereocenters. The van der Waals surface area contributed by atoms with Crippen molar-refractivity contribution in [2.24, 2.45) is 11.8 Å². The van der Waals surface area contributed by atoms with E-state index in [-0.39, 0.29) is 5.91 Å². The van der Waals surface area contributed by atoms with E-state index in [9.17, 15) is 4.79 Å². The highest BCUT2D eigenvalue weighted by Gasteiger charge is 2.36. The average Bonchev–Trinajstić information content (AvgIpc) is 3.05. The van der Waals surface area contributed by atoms with Crippen LogP contribution in [0.4, 0.5) is 5.82 Å². The third-order valence-corrected chi connectivity index (χ3v) is 5.18. The first kappa shape index (κ1) is 13.1. The number of pyridine rings is 1. The van der Waals surface area contributed by atoms with Gasteiger partial charge < -0.3 is 9.80 Å². The summed E-state index contributed by atoms with van der Waals surface area (Å²) in [4.78, 5) is 21.4. The predicted octanol–water partition coefficient (Wildman–Crippen LogP) is 2.55. The number of anilines is 1. The highest BCUT2D eigenvalue weighted by atomic mass is 16.2. The first-order valence-electron chi connectivity index (χ1n) is 8.32. The molecular weight excluding hydrogens is 262 g/mol. The average molecular weight is 285 g/mol. The van der Waals surface area contributed by atoms with Gasteiger partial charge in [0, 0.05) is 26.2 Å². The van der Waals surface area contributed by atoms with Crippen LogP contribution in [0.15, 0.2) is 18.2 Å². The fourth-order valence-electron chi connectivity index (χ4n) is 3.75. The Bertz CT molecular complexity index is 535. The van der Waals surface area contributed by atoms with Crippen molar-refractivity contribution in [3.05, 3.63) is 23.9 Å². The summed E-state index contributed by atoms with van der Waals surface area (Å²) in [6.45, 7) is 3.99. The minimum Gasteiger partial charge on any atom is -0.356 e. The van der Waals surface area contributed by atoms with Gasteiger partial charge in [0.05, 0.1) is 0 Å². The summed E-state index contributed by atoms with van der Waals surface area (Å²) in [7, 11) is 0. The van der Waals surface area contributed by atoms with E-state index in [1.54, 1.807) is 0 Å². The van der Waals surface area contributed by atoms with E-state index in [0.29, 0.717) is 5.69 Å². The smallest absolute Gasteiger partial charge is 0.272 e. The molecule has 0 N–H and O–H groups in total. The molecule has 112 valence electrons. The molecule has 1 aromatic heterocycles. The normalized spacial score (nSPS) is 25.6. The number of rotatable bonds is 3. The number of aromatic nitrogens is 1. The molecule has 2 saturated heterocycles. The van der Waals surface area contributed by atoms with Gasteiger partial charge in [-0.2, -0.15) is 0 Å². The molecule has 0 bridgehead atoms. The number of hydrogen-bond donors (Lipinski definition) is 0. The highest BCUT2D eigenvalue weighted by molar-refractivity contribution is 5.92. The van der Waals surface area contributed by atoms with Crippen molar-refractivity contribution in [1.29, 1.82) is 0 Å². The molecule has 4 nitrogen and oxygen atoms in total. The van der Waals surface area contributed by atoms with Gasteiger partial charge in [0.1, 0.15) is 11.5 Å². The molecule has 3 heterocycles. The second kappa shape index (κ2) is 5.32. The predicted molar refractivity (Wildman–Crippen MR) is 82.4 cm³/mol. The monoisotopic (exact) mass is 285 g/mol. The first-order chi connectivity index (χ1) is 10.3. The molecule has 0 radical (unpaired) electrons. The van der Waals surface area contributed by atoms with E-state index < -0.39 is 0 Å². The SMILES string of the molecule is O=C(c1cccc(N2CCC(C3CC3)C2)n1)N1CCCC1. The Morgan fingerprint density at radius 1 is 1.05 bits per heavy atom. The Labute approximate surface area is 126 Å².